The third-order valence-electron chi connectivity index (χ3n) is 1.70. The summed E-state index contributed by atoms with van der Waals surface area (Å²) in [5.41, 5.74) is 1.16. The van der Waals surface area contributed by atoms with Crippen molar-refractivity contribution in [2.24, 2.45) is 0 Å². The molecule has 0 radical (unpaired) electrons. The van der Waals surface area contributed by atoms with Gasteiger partial charge in [-0.1, -0.05) is 0 Å². The van der Waals surface area contributed by atoms with E-state index in [0.29, 0.717) is 6.79 Å². The molecule has 0 atom stereocenters. The van der Waals surface area contributed by atoms with Crippen molar-refractivity contribution in [2.75, 3.05) is 32.9 Å². The quantitative estimate of drug-likeness (QED) is 0.660. The van der Waals surface area contributed by atoms with E-state index >= 15 is 0 Å². The maximum absolute atomic E-state index is 5.25. The number of rotatable bonds is 4. The molecule has 0 spiro atoms. The van der Waals surface area contributed by atoms with Gasteiger partial charge in [-0.3, -0.25) is 0 Å². The first-order valence-electron chi connectivity index (χ1n) is 4.13. The van der Waals surface area contributed by atoms with Crippen LogP contribution in [0.1, 0.15) is 0 Å². The van der Waals surface area contributed by atoms with E-state index in [-0.39, 0.29) is 0 Å². The van der Waals surface area contributed by atoms with E-state index in [2.05, 4.69) is 0 Å². The lowest BCUT2D eigenvalue weighted by atomic mass is 10.3. The topological polar surface area (TPSA) is 21.7 Å². The maximum atomic E-state index is 5.25. The second-order valence-electron chi connectivity index (χ2n) is 2.94. The Bertz CT molecular complexity index is 244. The summed E-state index contributed by atoms with van der Waals surface area (Å²) in [4.78, 5) is 2.04. The molecule has 0 heterocycles. The number of methoxy groups -OCH3 is 1. The van der Waals surface area contributed by atoms with Gasteiger partial charge in [-0.2, -0.15) is 0 Å². The van der Waals surface area contributed by atoms with E-state index in [1.807, 2.05) is 43.3 Å². The Balaban J connectivity index is 2.59. The summed E-state index contributed by atoms with van der Waals surface area (Å²) in [5, 5.41) is 0. The van der Waals surface area contributed by atoms with Crippen molar-refractivity contribution < 1.29 is 9.47 Å². The van der Waals surface area contributed by atoms with Crippen molar-refractivity contribution in [1.82, 2.24) is 0 Å². The number of hydrogen-bond donors (Lipinski definition) is 0. The van der Waals surface area contributed by atoms with Crippen LogP contribution in [0.5, 0.6) is 5.75 Å². The number of hydrogen-bond acceptors (Lipinski definition) is 3. The molecule has 0 aliphatic carbocycles. The molecule has 0 aliphatic heterocycles. The minimum atomic E-state index is 0.293. The molecule has 1 aromatic rings. The summed E-state index contributed by atoms with van der Waals surface area (Å²) >= 11 is 0. The van der Waals surface area contributed by atoms with Crippen LogP contribution in [-0.4, -0.2) is 28.0 Å². The molecule has 0 aromatic heterocycles. The lowest BCUT2D eigenvalue weighted by molar-refractivity contribution is 0.0511. The summed E-state index contributed by atoms with van der Waals surface area (Å²) in [6.45, 7) is 0.293. The van der Waals surface area contributed by atoms with Crippen molar-refractivity contribution in [3.8, 4) is 5.75 Å². The minimum Gasteiger partial charge on any atom is -0.468 e. The zero-order chi connectivity index (χ0) is 9.68. The molecule has 3 nitrogen and oxygen atoms in total. The van der Waals surface area contributed by atoms with E-state index in [1.54, 1.807) is 7.11 Å². The second kappa shape index (κ2) is 4.72. The second-order valence-corrected chi connectivity index (χ2v) is 2.94. The highest BCUT2D eigenvalue weighted by Crippen LogP contribution is 2.17. The van der Waals surface area contributed by atoms with Gasteiger partial charge in [-0.25, -0.2) is 0 Å². The van der Waals surface area contributed by atoms with Gasteiger partial charge in [0.25, 0.3) is 0 Å². The largest absolute Gasteiger partial charge is 0.468 e. The van der Waals surface area contributed by atoms with Crippen LogP contribution in [0.15, 0.2) is 24.3 Å². The number of nitrogens with zero attached hydrogens (tertiary/aromatic N) is 1. The van der Waals surface area contributed by atoms with E-state index in [1.165, 1.54) is 0 Å². The number of anilines is 1. The molecule has 3 heteroatoms. The average Bonchev–Trinajstić information content (AvgIpc) is 2.15. The molecule has 0 aliphatic rings. The fourth-order valence-corrected chi connectivity index (χ4v) is 0.967. The molecule has 0 amide bonds. The Kier molecular flexibility index (Phi) is 3.58. The van der Waals surface area contributed by atoms with Crippen LogP contribution in [0.2, 0.25) is 0 Å². The number of benzene rings is 1. The highest BCUT2D eigenvalue weighted by atomic mass is 16.7. The Hall–Kier alpha value is -1.22. The predicted molar refractivity (Wildman–Crippen MR) is 53.3 cm³/mol. The molecule has 0 fully saturated rings. The first kappa shape index (κ1) is 9.86. The van der Waals surface area contributed by atoms with E-state index < -0.39 is 0 Å². The van der Waals surface area contributed by atoms with Gasteiger partial charge in [0.05, 0.1) is 0 Å². The lowest BCUT2D eigenvalue weighted by Crippen LogP contribution is -2.08. The summed E-state index contributed by atoms with van der Waals surface area (Å²) in [6.07, 6.45) is 0. The van der Waals surface area contributed by atoms with Crippen LogP contribution < -0.4 is 9.64 Å². The normalized spacial score (nSPS) is 9.77. The highest BCUT2D eigenvalue weighted by molar-refractivity contribution is 5.47. The molecule has 0 N–H and O–H groups in total. The monoisotopic (exact) mass is 181 g/mol. The zero-order valence-electron chi connectivity index (χ0n) is 8.28. The van der Waals surface area contributed by atoms with Gasteiger partial charge in [0, 0.05) is 26.9 Å². The number of ether oxygens (including phenoxy) is 2. The first-order valence-corrected chi connectivity index (χ1v) is 4.13. The Morgan fingerprint density at radius 3 is 2.23 bits per heavy atom. The minimum absolute atomic E-state index is 0.293. The van der Waals surface area contributed by atoms with Crippen LogP contribution in [0.3, 0.4) is 0 Å². The average molecular weight is 181 g/mol. The van der Waals surface area contributed by atoms with Gasteiger partial charge >= 0.3 is 0 Å². The van der Waals surface area contributed by atoms with E-state index in [0.717, 1.165) is 11.4 Å². The van der Waals surface area contributed by atoms with E-state index in [9.17, 15) is 0 Å². The molecule has 0 saturated heterocycles. The molecule has 0 saturated carbocycles. The van der Waals surface area contributed by atoms with Crippen LogP contribution in [0.25, 0.3) is 0 Å². The molecule has 13 heavy (non-hydrogen) atoms. The van der Waals surface area contributed by atoms with Crippen molar-refractivity contribution >= 4 is 5.69 Å². The fraction of sp³-hybridized carbons (Fsp3) is 0.400. The van der Waals surface area contributed by atoms with Crippen LogP contribution in [0, 0.1) is 0 Å². The third-order valence-corrected chi connectivity index (χ3v) is 1.70. The molecule has 1 rings (SSSR count). The molecule has 1 aromatic carbocycles. The van der Waals surface area contributed by atoms with Crippen LogP contribution >= 0.6 is 0 Å². The molecule has 0 unspecified atom stereocenters. The van der Waals surface area contributed by atoms with Crippen molar-refractivity contribution in [3.05, 3.63) is 24.3 Å². The maximum Gasteiger partial charge on any atom is 0.188 e. The van der Waals surface area contributed by atoms with Crippen LogP contribution in [0.4, 0.5) is 5.69 Å². The van der Waals surface area contributed by atoms with Gasteiger partial charge in [-0.15, -0.1) is 0 Å². The Morgan fingerprint density at radius 2 is 1.77 bits per heavy atom. The van der Waals surface area contributed by atoms with Crippen molar-refractivity contribution in [3.63, 3.8) is 0 Å². The zero-order valence-corrected chi connectivity index (χ0v) is 8.28. The summed E-state index contributed by atoms with van der Waals surface area (Å²) in [7, 11) is 5.62. The van der Waals surface area contributed by atoms with Gasteiger partial charge in [0.1, 0.15) is 5.75 Å². The smallest absolute Gasteiger partial charge is 0.188 e. The van der Waals surface area contributed by atoms with Gasteiger partial charge in [0.2, 0.25) is 0 Å². The first-order chi connectivity index (χ1) is 6.24. The predicted octanol–water partition coefficient (Wildman–Crippen LogP) is 1.74. The molecular weight excluding hydrogens is 166 g/mol. The summed E-state index contributed by atoms with van der Waals surface area (Å²) < 4.78 is 10.0. The third kappa shape index (κ3) is 2.95. The molecule has 72 valence electrons. The molecule has 0 bridgehead atoms. The lowest BCUT2D eigenvalue weighted by Gasteiger charge is -2.12. The highest BCUT2D eigenvalue weighted by Gasteiger charge is 1.95. The SMILES string of the molecule is COCOc1ccc(N(C)C)cc1. The van der Waals surface area contributed by atoms with Crippen LogP contribution in [-0.2, 0) is 4.74 Å². The van der Waals surface area contributed by atoms with Gasteiger partial charge in [0.15, 0.2) is 6.79 Å². The Labute approximate surface area is 78.9 Å². The summed E-state index contributed by atoms with van der Waals surface area (Å²) in [5.74, 6) is 0.826. The fourth-order valence-electron chi connectivity index (χ4n) is 0.967. The Morgan fingerprint density at radius 1 is 1.15 bits per heavy atom. The van der Waals surface area contributed by atoms with Crippen molar-refractivity contribution in [2.45, 2.75) is 0 Å². The standard InChI is InChI=1S/C10H15NO2/c1-11(2)9-4-6-10(7-5-9)13-8-12-3/h4-7H,8H2,1-3H3. The van der Waals surface area contributed by atoms with Gasteiger partial charge in [-0.05, 0) is 24.3 Å². The van der Waals surface area contributed by atoms with Gasteiger partial charge < -0.3 is 14.4 Å². The summed E-state index contributed by atoms with van der Waals surface area (Å²) in [6, 6.07) is 7.86. The molecular formula is C10H15NO2. The van der Waals surface area contributed by atoms with Crippen molar-refractivity contribution in [1.29, 1.82) is 0 Å². The van der Waals surface area contributed by atoms with E-state index in [4.69, 9.17) is 9.47 Å².